The maximum atomic E-state index is 13.0. The van der Waals surface area contributed by atoms with E-state index in [2.05, 4.69) is 9.97 Å². The molecule has 130 valence electrons. The highest BCUT2D eigenvalue weighted by molar-refractivity contribution is 7.99. The van der Waals surface area contributed by atoms with Crippen molar-refractivity contribution in [3.63, 3.8) is 0 Å². The van der Waals surface area contributed by atoms with Crippen molar-refractivity contribution in [1.29, 1.82) is 0 Å². The predicted molar refractivity (Wildman–Crippen MR) is 96.9 cm³/mol. The molecular weight excluding hydrogens is 341 g/mol. The van der Waals surface area contributed by atoms with Gasteiger partial charge in [0.2, 0.25) is 0 Å². The number of nitrogens with zero attached hydrogens (tertiary/aromatic N) is 2. The first-order chi connectivity index (χ1) is 11.9. The zero-order chi connectivity index (χ0) is 18.1. The second kappa shape index (κ2) is 6.84. The molecule has 0 unspecified atom stereocenters. The lowest BCUT2D eigenvalue weighted by atomic mass is 10.1. The molecule has 0 radical (unpaired) electrons. The minimum atomic E-state index is -0.382. The summed E-state index contributed by atoms with van der Waals surface area (Å²) in [6.07, 6.45) is 0. The van der Waals surface area contributed by atoms with Gasteiger partial charge >= 0.3 is 0 Å². The molecule has 1 N–H and O–H groups in total. The van der Waals surface area contributed by atoms with E-state index in [4.69, 9.17) is 0 Å². The number of H-pyrrole nitrogens is 1. The lowest BCUT2D eigenvalue weighted by Gasteiger charge is -2.14. The molecule has 3 aromatic rings. The molecule has 5 nitrogen and oxygen atoms in total. The molecule has 0 saturated heterocycles. The minimum Gasteiger partial charge on any atom is -0.353 e. The van der Waals surface area contributed by atoms with Crippen molar-refractivity contribution in [2.75, 3.05) is 5.75 Å². The van der Waals surface area contributed by atoms with Gasteiger partial charge in [-0.05, 0) is 51.1 Å². The SMILES string of the molecule is Cc1cc2nc(SCC(=O)c3ccc(F)cc3)n(C(C)C)c(=O)c2[nH]1. The molecule has 0 amide bonds. The highest BCUT2D eigenvalue weighted by atomic mass is 32.2. The third-order valence-corrected chi connectivity index (χ3v) is 4.75. The molecule has 0 atom stereocenters. The second-order valence-corrected chi connectivity index (χ2v) is 7.04. The molecule has 0 bridgehead atoms. The summed E-state index contributed by atoms with van der Waals surface area (Å²) in [6, 6.07) is 7.16. The van der Waals surface area contributed by atoms with Crippen LogP contribution < -0.4 is 5.56 Å². The van der Waals surface area contributed by atoms with E-state index in [0.29, 0.717) is 21.8 Å². The molecule has 0 fully saturated rings. The van der Waals surface area contributed by atoms with Crippen molar-refractivity contribution in [2.45, 2.75) is 32.0 Å². The van der Waals surface area contributed by atoms with E-state index in [1.54, 1.807) is 4.57 Å². The van der Waals surface area contributed by atoms with E-state index in [9.17, 15) is 14.0 Å². The first-order valence-corrected chi connectivity index (χ1v) is 8.89. The zero-order valence-electron chi connectivity index (χ0n) is 14.2. The summed E-state index contributed by atoms with van der Waals surface area (Å²) in [5.41, 5.74) is 2.21. The fourth-order valence-corrected chi connectivity index (χ4v) is 3.62. The largest absolute Gasteiger partial charge is 0.353 e. The lowest BCUT2D eigenvalue weighted by molar-refractivity contribution is 0.102. The molecule has 2 aromatic heterocycles. The van der Waals surface area contributed by atoms with Crippen LogP contribution in [0.15, 0.2) is 40.3 Å². The van der Waals surface area contributed by atoms with Gasteiger partial charge in [-0.25, -0.2) is 9.37 Å². The predicted octanol–water partition coefficient (Wildman–Crippen LogP) is 3.73. The molecule has 0 aliphatic rings. The topological polar surface area (TPSA) is 67.8 Å². The van der Waals surface area contributed by atoms with Gasteiger partial charge in [-0.2, -0.15) is 0 Å². The Labute approximate surface area is 148 Å². The molecule has 7 heteroatoms. The van der Waals surface area contributed by atoms with Gasteiger partial charge in [0.25, 0.3) is 5.56 Å². The number of benzene rings is 1. The number of hydrogen-bond acceptors (Lipinski definition) is 4. The van der Waals surface area contributed by atoms with E-state index in [1.165, 1.54) is 36.0 Å². The van der Waals surface area contributed by atoms with Crippen molar-refractivity contribution < 1.29 is 9.18 Å². The fraction of sp³-hybridized carbons (Fsp3) is 0.278. The molecule has 25 heavy (non-hydrogen) atoms. The Hall–Kier alpha value is -2.41. The summed E-state index contributed by atoms with van der Waals surface area (Å²) in [4.78, 5) is 32.6. The average Bonchev–Trinajstić information content (AvgIpc) is 2.93. The number of aryl methyl sites for hydroxylation is 1. The number of nitrogens with one attached hydrogen (secondary N) is 1. The van der Waals surface area contributed by atoms with Gasteiger partial charge < -0.3 is 4.98 Å². The molecule has 0 aliphatic heterocycles. The summed E-state index contributed by atoms with van der Waals surface area (Å²) < 4.78 is 14.6. The highest BCUT2D eigenvalue weighted by Crippen LogP contribution is 2.22. The Morgan fingerprint density at radius 2 is 2.00 bits per heavy atom. The standard InChI is InChI=1S/C18H18FN3O2S/c1-10(2)22-17(24)16-14(8-11(3)20-16)21-18(22)25-9-15(23)12-4-6-13(19)7-5-12/h4-8,10,20H,9H2,1-3H3. The van der Waals surface area contributed by atoms with Crippen LogP contribution in [0.5, 0.6) is 0 Å². The quantitative estimate of drug-likeness (QED) is 0.428. The Bertz CT molecular complexity index is 990. The van der Waals surface area contributed by atoms with Crippen LogP contribution in [0.3, 0.4) is 0 Å². The summed E-state index contributed by atoms with van der Waals surface area (Å²) >= 11 is 1.22. The summed E-state index contributed by atoms with van der Waals surface area (Å²) in [6.45, 7) is 5.67. The van der Waals surface area contributed by atoms with Gasteiger partial charge in [0.05, 0.1) is 11.3 Å². The van der Waals surface area contributed by atoms with Crippen molar-refractivity contribution in [3.05, 3.63) is 57.8 Å². The van der Waals surface area contributed by atoms with E-state index in [0.717, 1.165) is 5.69 Å². The number of hydrogen-bond donors (Lipinski definition) is 1. The summed E-state index contributed by atoms with van der Waals surface area (Å²) in [5.74, 6) is -0.396. The smallest absolute Gasteiger partial charge is 0.278 e. The molecule has 3 rings (SSSR count). The minimum absolute atomic E-state index is 0.0866. The van der Waals surface area contributed by atoms with E-state index in [-0.39, 0.29) is 29.0 Å². The van der Waals surface area contributed by atoms with Crippen molar-refractivity contribution in [1.82, 2.24) is 14.5 Å². The van der Waals surface area contributed by atoms with Crippen molar-refractivity contribution >= 4 is 28.6 Å². The maximum Gasteiger partial charge on any atom is 0.278 e. The Morgan fingerprint density at radius 3 is 2.64 bits per heavy atom. The monoisotopic (exact) mass is 359 g/mol. The Kier molecular flexibility index (Phi) is 4.76. The van der Waals surface area contributed by atoms with Crippen LogP contribution in [-0.2, 0) is 0 Å². The number of rotatable bonds is 5. The van der Waals surface area contributed by atoms with Crippen LogP contribution in [0.25, 0.3) is 11.0 Å². The normalized spacial score (nSPS) is 11.4. The third kappa shape index (κ3) is 3.51. The lowest BCUT2D eigenvalue weighted by Crippen LogP contribution is -2.25. The van der Waals surface area contributed by atoms with E-state index < -0.39 is 0 Å². The van der Waals surface area contributed by atoms with Crippen LogP contribution >= 0.6 is 11.8 Å². The van der Waals surface area contributed by atoms with Crippen LogP contribution in [-0.4, -0.2) is 26.1 Å². The number of aromatic amines is 1. The fourth-order valence-electron chi connectivity index (χ4n) is 2.60. The number of carbonyl (C=O) groups is 1. The van der Waals surface area contributed by atoms with Crippen molar-refractivity contribution in [3.8, 4) is 0 Å². The van der Waals surface area contributed by atoms with Gasteiger partial charge in [-0.15, -0.1) is 0 Å². The first-order valence-electron chi connectivity index (χ1n) is 7.90. The number of carbonyl (C=O) groups excluding carboxylic acids is 1. The first kappa shape index (κ1) is 17.4. The van der Waals surface area contributed by atoms with Gasteiger partial charge in [0, 0.05) is 17.3 Å². The zero-order valence-corrected chi connectivity index (χ0v) is 15.0. The van der Waals surface area contributed by atoms with Crippen LogP contribution in [0, 0.1) is 12.7 Å². The molecule has 2 heterocycles. The Balaban J connectivity index is 1.92. The number of halogens is 1. The summed E-state index contributed by atoms with van der Waals surface area (Å²) in [5, 5.41) is 0.502. The average molecular weight is 359 g/mol. The number of Topliss-reactive ketones (excluding diaryl/α,β-unsaturated/α-hetero) is 1. The molecule has 1 aromatic carbocycles. The van der Waals surface area contributed by atoms with Gasteiger partial charge in [-0.1, -0.05) is 11.8 Å². The van der Waals surface area contributed by atoms with Gasteiger partial charge in [0.1, 0.15) is 11.3 Å². The number of ketones is 1. The number of thioether (sulfide) groups is 1. The number of fused-ring (bicyclic) bond motifs is 1. The van der Waals surface area contributed by atoms with Crippen molar-refractivity contribution in [2.24, 2.45) is 0 Å². The van der Waals surface area contributed by atoms with Crippen LogP contribution in [0.1, 0.15) is 35.9 Å². The van der Waals surface area contributed by atoms with Gasteiger partial charge in [0.15, 0.2) is 10.9 Å². The van der Waals surface area contributed by atoms with E-state index >= 15 is 0 Å². The van der Waals surface area contributed by atoms with Crippen LogP contribution in [0.4, 0.5) is 4.39 Å². The maximum absolute atomic E-state index is 13.0. The van der Waals surface area contributed by atoms with Gasteiger partial charge in [-0.3, -0.25) is 14.2 Å². The molecule has 0 saturated carbocycles. The summed E-state index contributed by atoms with van der Waals surface area (Å²) in [7, 11) is 0. The number of aromatic nitrogens is 3. The second-order valence-electron chi connectivity index (χ2n) is 6.09. The Morgan fingerprint density at radius 1 is 1.32 bits per heavy atom. The molecule has 0 spiro atoms. The molecule has 0 aliphatic carbocycles. The van der Waals surface area contributed by atoms with Crippen LogP contribution in [0.2, 0.25) is 0 Å². The van der Waals surface area contributed by atoms with E-state index in [1.807, 2.05) is 26.8 Å². The highest BCUT2D eigenvalue weighted by Gasteiger charge is 2.17. The third-order valence-electron chi connectivity index (χ3n) is 3.80. The molecular formula is C18H18FN3O2S.